The van der Waals surface area contributed by atoms with Crippen LogP contribution in [0.3, 0.4) is 0 Å². The Balaban J connectivity index is 1.29. The third-order valence-electron chi connectivity index (χ3n) is 4.93. The summed E-state index contributed by atoms with van der Waals surface area (Å²) in [5.74, 6) is 0.996. The maximum Gasteiger partial charge on any atom is 0.270 e. The zero-order valence-electron chi connectivity index (χ0n) is 14.6. The lowest BCUT2D eigenvalue weighted by Gasteiger charge is -2.25. The summed E-state index contributed by atoms with van der Waals surface area (Å²) in [5, 5.41) is 5.39. The highest BCUT2D eigenvalue weighted by molar-refractivity contribution is 7.14. The van der Waals surface area contributed by atoms with Crippen molar-refractivity contribution in [1.82, 2.24) is 4.98 Å². The van der Waals surface area contributed by atoms with Crippen molar-refractivity contribution >= 4 is 22.4 Å². The maximum atomic E-state index is 12.5. The number of aryl methyl sites for hydroxylation is 2. The van der Waals surface area contributed by atoms with Crippen LogP contribution in [0.25, 0.3) is 11.3 Å². The van der Waals surface area contributed by atoms with E-state index in [0.717, 1.165) is 17.7 Å². The van der Waals surface area contributed by atoms with Crippen molar-refractivity contribution in [3.05, 3.63) is 59.0 Å². The number of para-hydroxylation sites is 2. The fourth-order valence-electron chi connectivity index (χ4n) is 3.53. The Morgan fingerprint density at radius 3 is 2.89 bits per heavy atom. The van der Waals surface area contributed by atoms with Gasteiger partial charge in [-0.1, -0.05) is 24.3 Å². The Morgan fingerprint density at radius 1 is 1.11 bits per heavy atom. The largest absolute Gasteiger partial charge is 0.485 e. The van der Waals surface area contributed by atoms with E-state index in [4.69, 9.17) is 9.47 Å². The van der Waals surface area contributed by atoms with E-state index in [1.165, 1.54) is 35.3 Å². The number of fused-ring (bicyclic) bond motifs is 2. The number of hydrogen-bond donors (Lipinski definition) is 1. The molecule has 0 spiro atoms. The Labute approximate surface area is 161 Å². The predicted octanol–water partition coefficient (Wildman–Crippen LogP) is 4.08. The second-order valence-corrected chi connectivity index (χ2v) is 7.59. The molecule has 0 fully saturated rings. The molecule has 0 radical (unpaired) electrons. The van der Waals surface area contributed by atoms with Crippen molar-refractivity contribution in [3.63, 3.8) is 0 Å². The van der Waals surface area contributed by atoms with E-state index in [-0.39, 0.29) is 12.5 Å². The number of carbonyl (C=O) groups is 1. The van der Waals surface area contributed by atoms with Gasteiger partial charge in [-0.25, -0.2) is 4.98 Å². The Hall–Kier alpha value is -2.86. The van der Waals surface area contributed by atoms with Crippen LogP contribution >= 0.6 is 11.3 Å². The molecule has 3 aromatic rings. The molecular weight excluding hydrogens is 360 g/mol. The minimum atomic E-state index is -0.688. The van der Waals surface area contributed by atoms with E-state index in [9.17, 15) is 4.79 Å². The number of aromatic nitrogens is 1. The number of benzene rings is 2. The van der Waals surface area contributed by atoms with E-state index >= 15 is 0 Å². The van der Waals surface area contributed by atoms with Gasteiger partial charge in [-0.2, -0.15) is 0 Å². The maximum absolute atomic E-state index is 12.5. The molecule has 0 bridgehead atoms. The summed E-state index contributed by atoms with van der Waals surface area (Å²) in [5.41, 5.74) is 4.84. The number of anilines is 1. The first-order valence-electron chi connectivity index (χ1n) is 9.03. The quantitative estimate of drug-likeness (QED) is 0.746. The normalized spacial score (nSPS) is 17.4. The zero-order chi connectivity index (χ0) is 18.2. The van der Waals surface area contributed by atoms with Gasteiger partial charge in [-0.05, 0) is 48.6 Å². The van der Waals surface area contributed by atoms with Crippen LogP contribution in [0, 0.1) is 0 Å². The fraction of sp³-hybridized carbons (Fsp3) is 0.238. The second-order valence-electron chi connectivity index (χ2n) is 6.73. The van der Waals surface area contributed by atoms with Gasteiger partial charge in [-0.15, -0.1) is 11.3 Å². The highest BCUT2D eigenvalue weighted by Gasteiger charge is 2.28. The summed E-state index contributed by atoms with van der Waals surface area (Å²) in [6.07, 6.45) is 2.84. The number of carbonyl (C=O) groups excluding carboxylic acids is 1. The van der Waals surface area contributed by atoms with Gasteiger partial charge in [0.15, 0.2) is 16.6 Å². The van der Waals surface area contributed by atoms with Crippen LogP contribution in [-0.2, 0) is 17.6 Å². The van der Waals surface area contributed by atoms with E-state index in [2.05, 4.69) is 28.5 Å². The van der Waals surface area contributed by atoms with Gasteiger partial charge in [0.2, 0.25) is 6.10 Å². The van der Waals surface area contributed by atoms with E-state index in [1.54, 1.807) is 6.07 Å². The number of hydrogen-bond acceptors (Lipinski definition) is 5. The number of nitrogens with zero attached hydrogens (tertiary/aromatic N) is 1. The molecule has 1 aliphatic heterocycles. The molecule has 0 saturated heterocycles. The summed E-state index contributed by atoms with van der Waals surface area (Å²) in [7, 11) is 0. The third kappa shape index (κ3) is 3.17. The van der Waals surface area contributed by atoms with Crippen molar-refractivity contribution in [2.24, 2.45) is 0 Å². The van der Waals surface area contributed by atoms with E-state index in [0.29, 0.717) is 16.6 Å². The average Bonchev–Trinajstić information content (AvgIpc) is 3.36. The first kappa shape index (κ1) is 16.3. The van der Waals surface area contributed by atoms with Crippen LogP contribution in [0.5, 0.6) is 11.5 Å². The molecule has 1 unspecified atom stereocenters. The zero-order valence-corrected chi connectivity index (χ0v) is 15.4. The molecule has 27 heavy (non-hydrogen) atoms. The molecule has 5 rings (SSSR count). The van der Waals surface area contributed by atoms with Crippen LogP contribution in [-0.4, -0.2) is 23.6 Å². The third-order valence-corrected chi connectivity index (χ3v) is 5.69. The lowest BCUT2D eigenvalue weighted by atomic mass is 10.1. The molecule has 136 valence electrons. The molecular formula is C21H18N2O3S. The Bertz CT molecular complexity index is 1010. The number of amides is 1. The fourth-order valence-corrected chi connectivity index (χ4v) is 4.25. The van der Waals surface area contributed by atoms with Gasteiger partial charge in [0, 0.05) is 10.9 Å². The molecule has 6 heteroatoms. The molecule has 2 heterocycles. The van der Waals surface area contributed by atoms with Crippen molar-refractivity contribution in [3.8, 4) is 22.8 Å². The first-order chi connectivity index (χ1) is 13.3. The summed E-state index contributed by atoms with van der Waals surface area (Å²) >= 11 is 1.42. The van der Waals surface area contributed by atoms with Crippen LogP contribution in [0.1, 0.15) is 17.5 Å². The molecule has 5 nitrogen and oxygen atoms in total. The van der Waals surface area contributed by atoms with Crippen LogP contribution in [0.2, 0.25) is 0 Å². The van der Waals surface area contributed by atoms with Gasteiger partial charge < -0.3 is 9.47 Å². The van der Waals surface area contributed by atoms with Crippen LogP contribution in [0.15, 0.2) is 47.8 Å². The lowest BCUT2D eigenvalue weighted by Crippen LogP contribution is -2.40. The molecule has 1 aromatic heterocycles. The van der Waals surface area contributed by atoms with Crippen molar-refractivity contribution < 1.29 is 14.3 Å². The standard InChI is InChI=1S/C21H18N2O3S/c24-20(19-11-25-17-6-1-2-7-18(17)26-19)23-21-22-16(12-27-21)15-9-8-13-4-3-5-14(13)10-15/h1-2,6-10,12,19H,3-5,11H2,(H,22,23,24). The smallest absolute Gasteiger partial charge is 0.270 e. The summed E-state index contributed by atoms with van der Waals surface area (Å²) in [6.45, 7) is 0.186. The second kappa shape index (κ2) is 6.70. The number of rotatable bonds is 3. The first-order valence-corrected chi connectivity index (χ1v) is 9.91. The summed E-state index contributed by atoms with van der Waals surface area (Å²) < 4.78 is 11.4. The number of thiazole rings is 1. The van der Waals surface area contributed by atoms with Crippen molar-refractivity contribution in [2.45, 2.75) is 25.4 Å². The van der Waals surface area contributed by atoms with Crippen LogP contribution < -0.4 is 14.8 Å². The SMILES string of the molecule is O=C(Nc1nc(-c2ccc3c(c2)CCC3)cs1)C1COc2ccccc2O1. The molecule has 1 aliphatic carbocycles. The van der Waals surface area contributed by atoms with Crippen molar-refractivity contribution in [1.29, 1.82) is 0 Å². The monoisotopic (exact) mass is 378 g/mol. The minimum Gasteiger partial charge on any atom is -0.485 e. The predicted molar refractivity (Wildman–Crippen MR) is 105 cm³/mol. The average molecular weight is 378 g/mol. The van der Waals surface area contributed by atoms with Gasteiger partial charge in [0.05, 0.1) is 5.69 Å². The highest BCUT2D eigenvalue weighted by Crippen LogP contribution is 2.32. The van der Waals surface area contributed by atoms with Gasteiger partial charge >= 0.3 is 0 Å². The van der Waals surface area contributed by atoms with E-state index < -0.39 is 6.10 Å². The molecule has 1 atom stereocenters. The van der Waals surface area contributed by atoms with Gasteiger partial charge in [0.1, 0.15) is 6.61 Å². The van der Waals surface area contributed by atoms with Crippen LogP contribution in [0.4, 0.5) is 5.13 Å². The number of ether oxygens (including phenoxy) is 2. The lowest BCUT2D eigenvalue weighted by molar-refractivity contribution is -0.125. The highest BCUT2D eigenvalue weighted by atomic mass is 32.1. The Morgan fingerprint density at radius 2 is 1.96 bits per heavy atom. The van der Waals surface area contributed by atoms with E-state index in [1.807, 2.05) is 23.6 Å². The molecule has 0 saturated carbocycles. The summed E-state index contributed by atoms with van der Waals surface area (Å²) in [4.78, 5) is 17.1. The topological polar surface area (TPSA) is 60.5 Å². The van der Waals surface area contributed by atoms with Crippen molar-refractivity contribution in [2.75, 3.05) is 11.9 Å². The summed E-state index contributed by atoms with van der Waals surface area (Å²) in [6, 6.07) is 13.9. The Kier molecular flexibility index (Phi) is 4.05. The molecule has 2 aromatic carbocycles. The molecule has 1 amide bonds. The molecule has 1 N–H and O–H groups in total. The molecule has 2 aliphatic rings. The number of nitrogens with one attached hydrogen (secondary N) is 1. The minimum absolute atomic E-state index is 0.186. The van der Waals surface area contributed by atoms with Gasteiger partial charge in [0.25, 0.3) is 5.91 Å². The van der Waals surface area contributed by atoms with Gasteiger partial charge in [-0.3, -0.25) is 10.1 Å².